The number of benzene rings is 1. The fourth-order valence-corrected chi connectivity index (χ4v) is 2.07. The van der Waals surface area contributed by atoms with E-state index < -0.39 is 17.8 Å². The maximum Gasteiger partial charge on any atom is 0.316 e. The monoisotopic (exact) mass is 235 g/mol. The third-order valence-electron chi connectivity index (χ3n) is 2.99. The first kappa shape index (κ1) is 11.4. The van der Waals surface area contributed by atoms with Gasteiger partial charge in [0.15, 0.2) is 0 Å². The van der Waals surface area contributed by atoms with Crippen molar-refractivity contribution in [2.75, 3.05) is 13.7 Å². The summed E-state index contributed by atoms with van der Waals surface area (Å²) in [7, 11) is 1.57. The van der Waals surface area contributed by atoms with E-state index in [1.165, 1.54) is 0 Å². The number of methoxy groups -OCH3 is 1. The van der Waals surface area contributed by atoms with Crippen LogP contribution in [0.1, 0.15) is 11.5 Å². The minimum Gasteiger partial charge on any atom is -0.497 e. The van der Waals surface area contributed by atoms with E-state index in [4.69, 9.17) is 9.84 Å². The van der Waals surface area contributed by atoms with Crippen LogP contribution in [0.3, 0.4) is 0 Å². The lowest BCUT2D eigenvalue weighted by molar-refractivity contribution is -0.145. The number of hydrogen-bond acceptors (Lipinski definition) is 3. The Kier molecular flexibility index (Phi) is 2.99. The molecule has 0 aromatic heterocycles. The van der Waals surface area contributed by atoms with Crippen LogP contribution in [0.25, 0.3) is 0 Å². The summed E-state index contributed by atoms with van der Waals surface area (Å²) in [5, 5.41) is 11.6. The Labute approximate surface area is 98.4 Å². The molecule has 2 N–H and O–H groups in total. The molecule has 1 amide bonds. The van der Waals surface area contributed by atoms with Gasteiger partial charge < -0.3 is 15.2 Å². The molecule has 1 aliphatic heterocycles. The van der Waals surface area contributed by atoms with Crippen molar-refractivity contribution in [2.45, 2.75) is 5.92 Å². The zero-order chi connectivity index (χ0) is 12.4. The van der Waals surface area contributed by atoms with Crippen molar-refractivity contribution in [2.24, 2.45) is 5.92 Å². The Balaban J connectivity index is 2.26. The highest BCUT2D eigenvalue weighted by molar-refractivity contribution is 5.99. The van der Waals surface area contributed by atoms with Gasteiger partial charge in [-0.25, -0.2) is 0 Å². The van der Waals surface area contributed by atoms with Gasteiger partial charge >= 0.3 is 5.97 Å². The SMILES string of the molecule is COc1ccc([C@@H]2CNC(=O)C2C(=O)O)cc1. The molecule has 1 heterocycles. The van der Waals surface area contributed by atoms with Gasteiger partial charge in [-0.2, -0.15) is 0 Å². The summed E-state index contributed by atoms with van der Waals surface area (Å²) in [5.74, 6) is -2.11. The largest absolute Gasteiger partial charge is 0.497 e. The maximum absolute atomic E-state index is 11.4. The number of carbonyl (C=O) groups is 2. The van der Waals surface area contributed by atoms with E-state index in [0.717, 1.165) is 5.56 Å². The molecule has 90 valence electrons. The zero-order valence-electron chi connectivity index (χ0n) is 9.34. The lowest BCUT2D eigenvalue weighted by Crippen LogP contribution is -2.26. The van der Waals surface area contributed by atoms with Crippen LogP contribution < -0.4 is 10.1 Å². The maximum atomic E-state index is 11.4. The molecule has 5 nitrogen and oxygen atoms in total. The third kappa shape index (κ3) is 2.08. The molecule has 1 aromatic rings. The average molecular weight is 235 g/mol. The van der Waals surface area contributed by atoms with Crippen molar-refractivity contribution < 1.29 is 19.4 Å². The van der Waals surface area contributed by atoms with Gasteiger partial charge in [0, 0.05) is 12.5 Å². The third-order valence-corrected chi connectivity index (χ3v) is 2.99. The van der Waals surface area contributed by atoms with Crippen molar-refractivity contribution in [3.05, 3.63) is 29.8 Å². The van der Waals surface area contributed by atoms with Crippen LogP contribution in [0, 0.1) is 5.92 Å². The van der Waals surface area contributed by atoms with Gasteiger partial charge in [0.25, 0.3) is 0 Å². The van der Waals surface area contributed by atoms with Crippen LogP contribution in [0.15, 0.2) is 24.3 Å². The summed E-state index contributed by atoms with van der Waals surface area (Å²) in [6, 6.07) is 7.10. The summed E-state index contributed by atoms with van der Waals surface area (Å²) in [5.41, 5.74) is 0.830. The van der Waals surface area contributed by atoms with Crippen molar-refractivity contribution in [1.82, 2.24) is 5.32 Å². The van der Waals surface area contributed by atoms with Gasteiger partial charge in [0.1, 0.15) is 11.7 Å². The minimum absolute atomic E-state index is 0.314. The molecule has 1 unspecified atom stereocenters. The molecule has 0 saturated carbocycles. The highest BCUT2D eigenvalue weighted by Crippen LogP contribution is 2.30. The Bertz CT molecular complexity index is 440. The Morgan fingerprint density at radius 1 is 1.41 bits per heavy atom. The fourth-order valence-electron chi connectivity index (χ4n) is 2.07. The summed E-state index contributed by atoms with van der Waals surface area (Å²) in [4.78, 5) is 22.4. The van der Waals surface area contributed by atoms with Gasteiger partial charge in [-0.3, -0.25) is 9.59 Å². The number of carboxylic acid groups (broad SMARTS) is 1. The number of rotatable bonds is 3. The molecule has 0 radical (unpaired) electrons. The van der Waals surface area contributed by atoms with Crippen LogP contribution in [-0.4, -0.2) is 30.6 Å². The number of amides is 1. The number of nitrogens with one attached hydrogen (secondary N) is 1. The fraction of sp³-hybridized carbons (Fsp3) is 0.333. The predicted molar refractivity (Wildman–Crippen MR) is 59.9 cm³/mol. The second-order valence-corrected chi connectivity index (χ2v) is 3.94. The van der Waals surface area contributed by atoms with E-state index in [-0.39, 0.29) is 5.92 Å². The standard InChI is InChI=1S/C12H13NO4/c1-17-8-4-2-7(3-5-8)9-6-13-11(14)10(9)12(15)16/h2-5,9-10H,6H2,1H3,(H,13,14)(H,15,16)/t9-,10?/m0/s1. The number of hydrogen-bond donors (Lipinski definition) is 2. The predicted octanol–water partition coefficient (Wildman–Crippen LogP) is 0.609. The van der Waals surface area contributed by atoms with Crippen molar-refractivity contribution in [3.63, 3.8) is 0 Å². The Morgan fingerprint density at radius 2 is 2.06 bits per heavy atom. The quantitative estimate of drug-likeness (QED) is 0.753. The van der Waals surface area contributed by atoms with Crippen LogP contribution in [0.2, 0.25) is 0 Å². The second kappa shape index (κ2) is 4.45. The lowest BCUT2D eigenvalue weighted by Gasteiger charge is -2.13. The second-order valence-electron chi connectivity index (χ2n) is 3.94. The van der Waals surface area contributed by atoms with E-state index >= 15 is 0 Å². The lowest BCUT2D eigenvalue weighted by atomic mass is 9.88. The van der Waals surface area contributed by atoms with Crippen molar-refractivity contribution in [1.29, 1.82) is 0 Å². The van der Waals surface area contributed by atoms with E-state index in [1.807, 2.05) is 0 Å². The summed E-state index contributed by atoms with van der Waals surface area (Å²) < 4.78 is 5.03. The highest BCUT2D eigenvalue weighted by Gasteiger charge is 2.40. The molecule has 1 saturated heterocycles. The number of carbonyl (C=O) groups excluding carboxylic acids is 1. The van der Waals surface area contributed by atoms with Gasteiger partial charge in [0.05, 0.1) is 7.11 Å². The van der Waals surface area contributed by atoms with Crippen molar-refractivity contribution >= 4 is 11.9 Å². The molecule has 1 aromatic carbocycles. The molecule has 17 heavy (non-hydrogen) atoms. The summed E-state index contributed by atoms with van der Waals surface area (Å²) in [6.45, 7) is 0.363. The Morgan fingerprint density at radius 3 is 2.59 bits per heavy atom. The molecule has 0 spiro atoms. The first-order chi connectivity index (χ1) is 8.13. The topological polar surface area (TPSA) is 75.6 Å². The van der Waals surface area contributed by atoms with Gasteiger partial charge in [-0.1, -0.05) is 12.1 Å². The average Bonchev–Trinajstić information content (AvgIpc) is 2.71. The van der Waals surface area contributed by atoms with Crippen LogP contribution in [-0.2, 0) is 9.59 Å². The first-order valence-electron chi connectivity index (χ1n) is 5.28. The highest BCUT2D eigenvalue weighted by atomic mass is 16.5. The van der Waals surface area contributed by atoms with Gasteiger partial charge in [-0.15, -0.1) is 0 Å². The molecule has 2 atom stereocenters. The van der Waals surface area contributed by atoms with E-state index in [0.29, 0.717) is 12.3 Å². The molecule has 1 fully saturated rings. The number of carboxylic acids is 1. The van der Waals surface area contributed by atoms with E-state index in [9.17, 15) is 9.59 Å². The molecular formula is C12H13NO4. The normalized spacial score (nSPS) is 23.2. The summed E-state index contributed by atoms with van der Waals surface area (Å²) >= 11 is 0. The molecular weight excluding hydrogens is 222 g/mol. The first-order valence-corrected chi connectivity index (χ1v) is 5.28. The van der Waals surface area contributed by atoms with Gasteiger partial charge in [0.2, 0.25) is 5.91 Å². The van der Waals surface area contributed by atoms with Gasteiger partial charge in [-0.05, 0) is 17.7 Å². The van der Waals surface area contributed by atoms with E-state index in [2.05, 4.69) is 5.32 Å². The van der Waals surface area contributed by atoms with Crippen LogP contribution in [0.5, 0.6) is 5.75 Å². The van der Waals surface area contributed by atoms with E-state index in [1.54, 1.807) is 31.4 Å². The molecule has 1 aliphatic rings. The van der Waals surface area contributed by atoms with Crippen molar-refractivity contribution in [3.8, 4) is 5.75 Å². The van der Waals surface area contributed by atoms with Crippen LogP contribution in [0.4, 0.5) is 0 Å². The zero-order valence-corrected chi connectivity index (χ0v) is 9.34. The Hall–Kier alpha value is -2.04. The van der Waals surface area contributed by atoms with Crippen LogP contribution >= 0.6 is 0 Å². The molecule has 2 rings (SSSR count). The molecule has 5 heteroatoms. The smallest absolute Gasteiger partial charge is 0.316 e. The molecule has 0 bridgehead atoms. The molecule has 0 aliphatic carbocycles. The number of aliphatic carboxylic acids is 1. The minimum atomic E-state index is -1.08. The summed E-state index contributed by atoms with van der Waals surface area (Å²) in [6.07, 6.45) is 0. The number of ether oxygens (including phenoxy) is 1.